The lowest BCUT2D eigenvalue weighted by atomic mass is 10.1. The van der Waals surface area contributed by atoms with Gasteiger partial charge >= 0.3 is 0 Å². The van der Waals surface area contributed by atoms with E-state index in [0.717, 1.165) is 5.69 Å². The van der Waals surface area contributed by atoms with Crippen LogP contribution in [0.1, 0.15) is 10.4 Å². The molecule has 0 saturated carbocycles. The number of hydrogen-bond donors (Lipinski definition) is 1. The van der Waals surface area contributed by atoms with Crippen molar-refractivity contribution in [2.75, 3.05) is 51.0 Å². The maximum atomic E-state index is 12.8. The van der Waals surface area contributed by atoms with Crippen LogP contribution in [0.5, 0.6) is 11.5 Å². The molecular formula is C19H22ClN3O3. The van der Waals surface area contributed by atoms with Crippen molar-refractivity contribution in [3.8, 4) is 11.5 Å². The van der Waals surface area contributed by atoms with Crippen molar-refractivity contribution in [1.29, 1.82) is 0 Å². The number of amides is 1. The van der Waals surface area contributed by atoms with Gasteiger partial charge in [0.2, 0.25) is 0 Å². The van der Waals surface area contributed by atoms with Crippen molar-refractivity contribution in [3.63, 3.8) is 0 Å². The van der Waals surface area contributed by atoms with Gasteiger partial charge in [0.05, 0.1) is 30.6 Å². The smallest absolute Gasteiger partial charge is 0.254 e. The second-order valence-electron chi connectivity index (χ2n) is 6.03. The first-order chi connectivity index (χ1) is 12.5. The summed E-state index contributed by atoms with van der Waals surface area (Å²) in [6.45, 7) is 2.54. The molecule has 0 bridgehead atoms. The Morgan fingerprint density at radius 1 is 1.04 bits per heavy atom. The first-order valence-electron chi connectivity index (χ1n) is 8.35. The zero-order valence-electron chi connectivity index (χ0n) is 14.9. The van der Waals surface area contributed by atoms with E-state index in [1.807, 2.05) is 23.1 Å². The number of nitrogens with zero attached hydrogens (tertiary/aromatic N) is 2. The monoisotopic (exact) mass is 375 g/mol. The summed E-state index contributed by atoms with van der Waals surface area (Å²) < 4.78 is 10.5. The topological polar surface area (TPSA) is 68.0 Å². The highest BCUT2D eigenvalue weighted by Crippen LogP contribution is 2.33. The number of carbonyl (C=O) groups excluding carboxylic acids is 1. The quantitative estimate of drug-likeness (QED) is 0.832. The molecule has 1 heterocycles. The molecule has 138 valence electrons. The Bertz CT molecular complexity index is 784. The average Bonchev–Trinajstić information content (AvgIpc) is 2.67. The Labute approximate surface area is 158 Å². The molecular weight excluding hydrogens is 354 g/mol. The minimum absolute atomic E-state index is 0.0299. The lowest BCUT2D eigenvalue weighted by Gasteiger charge is -2.37. The number of benzene rings is 2. The van der Waals surface area contributed by atoms with Crippen molar-refractivity contribution in [3.05, 3.63) is 47.0 Å². The van der Waals surface area contributed by atoms with Crippen molar-refractivity contribution in [2.45, 2.75) is 0 Å². The summed E-state index contributed by atoms with van der Waals surface area (Å²) in [5, 5.41) is 0.629. The molecule has 0 aromatic heterocycles. The lowest BCUT2D eigenvalue weighted by Crippen LogP contribution is -2.49. The number of ether oxygens (including phenoxy) is 2. The predicted molar refractivity (Wildman–Crippen MR) is 104 cm³/mol. The highest BCUT2D eigenvalue weighted by Gasteiger charge is 2.25. The summed E-state index contributed by atoms with van der Waals surface area (Å²) in [6.07, 6.45) is 0. The molecule has 6 nitrogen and oxygen atoms in total. The summed E-state index contributed by atoms with van der Waals surface area (Å²) in [5.41, 5.74) is 8.13. The number of piperazine rings is 1. The van der Waals surface area contributed by atoms with Gasteiger partial charge in [0, 0.05) is 31.7 Å². The van der Waals surface area contributed by atoms with Gasteiger partial charge in [0.1, 0.15) is 0 Å². The molecule has 3 rings (SSSR count). The highest BCUT2D eigenvalue weighted by molar-refractivity contribution is 6.34. The van der Waals surface area contributed by atoms with Gasteiger partial charge in [-0.1, -0.05) is 17.7 Å². The van der Waals surface area contributed by atoms with Crippen LogP contribution in [0.15, 0.2) is 36.4 Å². The second kappa shape index (κ2) is 7.74. The predicted octanol–water partition coefficient (Wildman–Crippen LogP) is 2.90. The van der Waals surface area contributed by atoms with Crippen molar-refractivity contribution in [1.82, 2.24) is 4.90 Å². The van der Waals surface area contributed by atoms with Crippen LogP contribution < -0.4 is 20.1 Å². The Kier molecular flexibility index (Phi) is 5.42. The van der Waals surface area contributed by atoms with Gasteiger partial charge in [0.25, 0.3) is 5.91 Å². The molecule has 1 saturated heterocycles. The first-order valence-corrected chi connectivity index (χ1v) is 8.73. The number of nitrogens with two attached hydrogens (primary N) is 1. The molecule has 1 amide bonds. The highest BCUT2D eigenvalue weighted by atomic mass is 35.5. The van der Waals surface area contributed by atoms with Crippen LogP contribution in [0.3, 0.4) is 0 Å². The van der Waals surface area contributed by atoms with Gasteiger partial charge in [0.15, 0.2) is 11.5 Å². The van der Waals surface area contributed by atoms with Crippen LogP contribution in [0.25, 0.3) is 0 Å². The Morgan fingerprint density at radius 3 is 2.35 bits per heavy atom. The van der Waals surface area contributed by atoms with E-state index < -0.39 is 0 Å². The van der Waals surface area contributed by atoms with E-state index in [1.165, 1.54) is 0 Å². The Morgan fingerprint density at radius 2 is 1.73 bits per heavy atom. The molecule has 26 heavy (non-hydrogen) atoms. The zero-order chi connectivity index (χ0) is 18.7. The fourth-order valence-corrected chi connectivity index (χ4v) is 3.45. The molecule has 0 radical (unpaired) electrons. The minimum atomic E-state index is -0.0299. The van der Waals surface area contributed by atoms with Gasteiger partial charge in [-0.15, -0.1) is 0 Å². The van der Waals surface area contributed by atoms with Gasteiger partial charge in [-0.2, -0.15) is 0 Å². The van der Waals surface area contributed by atoms with Crippen LogP contribution >= 0.6 is 11.6 Å². The van der Waals surface area contributed by atoms with Crippen molar-refractivity contribution >= 4 is 28.9 Å². The average molecular weight is 376 g/mol. The van der Waals surface area contributed by atoms with E-state index in [4.69, 9.17) is 26.8 Å². The number of methoxy groups -OCH3 is 2. The van der Waals surface area contributed by atoms with E-state index in [1.54, 1.807) is 32.4 Å². The number of anilines is 2. The molecule has 1 fully saturated rings. The fourth-order valence-electron chi connectivity index (χ4n) is 3.15. The van der Waals surface area contributed by atoms with Crippen LogP contribution in [0.4, 0.5) is 11.4 Å². The van der Waals surface area contributed by atoms with Crippen molar-refractivity contribution in [2.24, 2.45) is 0 Å². The lowest BCUT2D eigenvalue weighted by molar-refractivity contribution is 0.0746. The maximum Gasteiger partial charge on any atom is 0.254 e. The molecule has 1 aliphatic rings. The summed E-state index contributed by atoms with van der Waals surface area (Å²) >= 11 is 6.29. The maximum absolute atomic E-state index is 12.8. The Hall–Kier alpha value is -2.60. The normalized spacial score (nSPS) is 14.3. The number of halogens is 1. The molecule has 0 atom stereocenters. The molecule has 0 aliphatic carbocycles. The third kappa shape index (κ3) is 3.51. The van der Waals surface area contributed by atoms with Crippen LogP contribution in [0.2, 0.25) is 5.02 Å². The van der Waals surface area contributed by atoms with E-state index in [9.17, 15) is 4.79 Å². The minimum Gasteiger partial charge on any atom is -0.493 e. The third-order valence-electron chi connectivity index (χ3n) is 4.53. The molecule has 7 heteroatoms. The van der Waals surface area contributed by atoms with Crippen molar-refractivity contribution < 1.29 is 14.3 Å². The number of para-hydroxylation sites is 1. The zero-order valence-corrected chi connectivity index (χ0v) is 15.6. The molecule has 2 aromatic rings. The number of nitrogen functional groups attached to an aromatic ring is 1. The van der Waals surface area contributed by atoms with E-state index >= 15 is 0 Å². The largest absolute Gasteiger partial charge is 0.493 e. The summed E-state index contributed by atoms with van der Waals surface area (Å²) in [4.78, 5) is 16.8. The van der Waals surface area contributed by atoms with Gasteiger partial charge in [-0.3, -0.25) is 4.79 Å². The van der Waals surface area contributed by atoms with Crippen LogP contribution in [-0.4, -0.2) is 51.2 Å². The summed E-state index contributed by atoms with van der Waals surface area (Å²) in [7, 11) is 3.12. The SMILES string of the molecule is COc1ccc(C(=O)N2CCN(c3c(N)cccc3Cl)CC2)cc1OC. The first kappa shape index (κ1) is 18.2. The van der Waals surface area contributed by atoms with E-state index in [-0.39, 0.29) is 5.91 Å². The third-order valence-corrected chi connectivity index (χ3v) is 4.84. The van der Waals surface area contributed by atoms with Gasteiger partial charge in [-0.05, 0) is 30.3 Å². The molecule has 0 unspecified atom stereocenters. The number of hydrogen-bond acceptors (Lipinski definition) is 5. The number of rotatable bonds is 4. The van der Waals surface area contributed by atoms with E-state index in [0.29, 0.717) is 54.0 Å². The van der Waals surface area contributed by atoms with Gasteiger partial charge < -0.3 is 25.0 Å². The molecule has 2 N–H and O–H groups in total. The molecule has 1 aliphatic heterocycles. The van der Waals surface area contributed by atoms with Crippen LogP contribution in [0, 0.1) is 0 Å². The Balaban J connectivity index is 1.71. The summed E-state index contributed by atoms with van der Waals surface area (Å²) in [5.74, 6) is 1.11. The molecule has 0 spiro atoms. The number of carbonyl (C=O) groups is 1. The van der Waals surface area contributed by atoms with Crippen LogP contribution in [-0.2, 0) is 0 Å². The summed E-state index contributed by atoms with van der Waals surface area (Å²) in [6, 6.07) is 10.7. The molecule has 2 aromatic carbocycles. The van der Waals surface area contributed by atoms with E-state index in [2.05, 4.69) is 4.90 Å². The standard InChI is InChI=1S/C19H22ClN3O3/c1-25-16-7-6-13(12-17(16)26-2)19(24)23-10-8-22(9-11-23)18-14(20)4-3-5-15(18)21/h3-7,12H,8-11,21H2,1-2H3. The fraction of sp³-hybridized carbons (Fsp3) is 0.316. The van der Waals surface area contributed by atoms with Gasteiger partial charge in [-0.25, -0.2) is 0 Å². The second-order valence-corrected chi connectivity index (χ2v) is 6.43.